The molecule has 0 aliphatic carbocycles. The second kappa shape index (κ2) is 7.23. The van der Waals surface area contributed by atoms with Gasteiger partial charge < -0.3 is 10.2 Å². The van der Waals surface area contributed by atoms with Gasteiger partial charge in [0.2, 0.25) is 10.0 Å². The predicted octanol–water partition coefficient (Wildman–Crippen LogP) is 3.58. The minimum absolute atomic E-state index is 0.135. The number of carbonyl (C=O) groups is 1. The van der Waals surface area contributed by atoms with Gasteiger partial charge in [-0.25, -0.2) is 13.2 Å². The number of hydrogen-bond donors (Lipinski definition) is 1. The number of para-hydroxylation sites is 1. The number of amides is 2. The number of piperidine rings is 1. The molecule has 0 unspecified atom stereocenters. The SMILES string of the molecule is CS(=O)(=O)N1CC2(CCN(C(=O)Nc3ccc4ncccc4c3)CC2)c2ccccc21. The summed E-state index contributed by atoms with van der Waals surface area (Å²) in [6.07, 6.45) is 4.46. The fourth-order valence-corrected chi connectivity index (χ4v) is 5.80. The predicted molar refractivity (Wildman–Crippen MR) is 122 cm³/mol. The molecule has 8 heteroatoms. The number of aromatic nitrogens is 1. The van der Waals surface area contributed by atoms with Gasteiger partial charge in [-0.05, 0) is 48.7 Å². The minimum Gasteiger partial charge on any atom is -0.324 e. The second-order valence-corrected chi connectivity index (χ2v) is 10.3. The smallest absolute Gasteiger partial charge is 0.321 e. The zero-order chi connectivity index (χ0) is 21.6. The summed E-state index contributed by atoms with van der Waals surface area (Å²) < 4.78 is 26.2. The molecule has 1 fully saturated rings. The lowest BCUT2D eigenvalue weighted by Gasteiger charge is -2.39. The Labute approximate surface area is 181 Å². The number of hydrogen-bond acceptors (Lipinski definition) is 4. The zero-order valence-corrected chi connectivity index (χ0v) is 18.1. The Kier molecular flexibility index (Phi) is 4.62. The maximum Gasteiger partial charge on any atom is 0.321 e. The highest BCUT2D eigenvalue weighted by atomic mass is 32.2. The number of urea groups is 1. The molecule has 0 atom stereocenters. The van der Waals surface area contributed by atoms with Crippen LogP contribution >= 0.6 is 0 Å². The summed E-state index contributed by atoms with van der Waals surface area (Å²) in [5.74, 6) is 0. The summed E-state index contributed by atoms with van der Waals surface area (Å²) in [7, 11) is -3.34. The molecule has 31 heavy (non-hydrogen) atoms. The van der Waals surface area contributed by atoms with E-state index in [2.05, 4.69) is 10.3 Å². The van der Waals surface area contributed by atoms with E-state index >= 15 is 0 Å². The third-order valence-corrected chi connectivity index (χ3v) is 7.58. The van der Waals surface area contributed by atoms with Crippen LogP contribution in [-0.2, 0) is 15.4 Å². The Morgan fingerprint density at radius 1 is 1.06 bits per heavy atom. The Hall–Kier alpha value is -3.13. The van der Waals surface area contributed by atoms with Gasteiger partial charge in [-0.3, -0.25) is 9.29 Å². The van der Waals surface area contributed by atoms with Gasteiger partial charge in [-0.2, -0.15) is 0 Å². The number of fused-ring (bicyclic) bond motifs is 3. The normalized spacial score (nSPS) is 17.7. The highest BCUT2D eigenvalue weighted by Crippen LogP contribution is 2.47. The van der Waals surface area contributed by atoms with Gasteiger partial charge in [0.15, 0.2) is 0 Å². The summed E-state index contributed by atoms with van der Waals surface area (Å²) in [6, 6.07) is 17.1. The number of nitrogens with zero attached hydrogens (tertiary/aromatic N) is 3. The van der Waals surface area contributed by atoms with Crippen molar-refractivity contribution >= 4 is 38.3 Å². The van der Waals surface area contributed by atoms with Crippen molar-refractivity contribution in [2.75, 3.05) is 35.5 Å². The van der Waals surface area contributed by atoms with E-state index in [1.54, 1.807) is 6.20 Å². The van der Waals surface area contributed by atoms with Crippen LogP contribution in [0.25, 0.3) is 10.9 Å². The molecule has 2 aromatic carbocycles. The molecule has 3 heterocycles. The molecule has 1 N–H and O–H groups in total. The fourth-order valence-electron chi connectivity index (χ4n) is 4.80. The number of nitrogens with one attached hydrogen (secondary N) is 1. The molecule has 2 amide bonds. The van der Waals surface area contributed by atoms with Crippen molar-refractivity contribution in [1.82, 2.24) is 9.88 Å². The summed E-state index contributed by atoms with van der Waals surface area (Å²) >= 11 is 0. The van der Waals surface area contributed by atoms with Crippen LogP contribution in [0.4, 0.5) is 16.2 Å². The van der Waals surface area contributed by atoms with Crippen molar-refractivity contribution in [2.24, 2.45) is 0 Å². The van der Waals surface area contributed by atoms with E-state index in [4.69, 9.17) is 0 Å². The number of pyridine rings is 1. The first-order valence-electron chi connectivity index (χ1n) is 10.3. The van der Waals surface area contributed by atoms with Gasteiger partial charge in [0.25, 0.3) is 0 Å². The molecule has 1 saturated heterocycles. The van der Waals surface area contributed by atoms with Crippen molar-refractivity contribution in [3.05, 3.63) is 66.4 Å². The Balaban J connectivity index is 1.31. The Morgan fingerprint density at radius 2 is 1.84 bits per heavy atom. The van der Waals surface area contributed by atoms with Gasteiger partial charge in [0.05, 0.1) is 17.5 Å². The molecule has 0 radical (unpaired) electrons. The highest BCUT2D eigenvalue weighted by Gasteiger charge is 2.47. The van der Waals surface area contributed by atoms with E-state index in [9.17, 15) is 13.2 Å². The van der Waals surface area contributed by atoms with Crippen molar-refractivity contribution in [1.29, 1.82) is 0 Å². The Morgan fingerprint density at radius 3 is 2.61 bits per heavy atom. The van der Waals surface area contributed by atoms with Crippen LogP contribution < -0.4 is 9.62 Å². The lowest BCUT2D eigenvalue weighted by Crippen LogP contribution is -2.48. The van der Waals surface area contributed by atoms with Gasteiger partial charge in [-0.15, -0.1) is 0 Å². The number of anilines is 2. The van der Waals surface area contributed by atoms with Gasteiger partial charge in [-0.1, -0.05) is 24.3 Å². The van der Waals surface area contributed by atoms with Crippen LogP contribution in [0.2, 0.25) is 0 Å². The van der Waals surface area contributed by atoms with Crippen molar-refractivity contribution in [3.63, 3.8) is 0 Å². The monoisotopic (exact) mass is 436 g/mol. The maximum atomic E-state index is 12.9. The first kappa shape index (κ1) is 19.8. The summed E-state index contributed by atoms with van der Waals surface area (Å²) in [5, 5.41) is 3.96. The van der Waals surface area contributed by atoms with E-state index in [0.29, 0.717) is 19.6 Å². The number of rotatable bonds is 2. The molecule has 160 valence electrons. The van der Waals surface area contributed by atoms with Crippen LogP contribution in [0.3, 0.4) is 0 Å². The summed E-state index contributed by atoms with van der Waals surface area (Å²) in [6.45, 7) is 1.60. The third kappa shape index (κ3) is 3.50. The van der Waals surface area contributed by atoms with Crippen LogP contribution in [0.5, 0.6) is 0 Å². The van der Waals surface area contributed by atoms with Crippen LogP contribution in [0.15, 0.2) is 60.8 Å². The first-order valence-corrected chi connectivity index (χ1v) is 12.2. The number of likely N-dealkylation sites (tertiary alicyclic amines) is 1. The fraction of sp³-hybridized carbons (Fsp3) is 0.304. The van der Waals surface area contributed by atoms with Crippen molar-refractivity contribution in [2.45, 2.75) is 18.3 Å². The van der Waals surface area contributed by atoms with Crippen LogP contribution in [0.1, 0.15) is 18.4 Å². The minimum atomic E-state index is -3.34. The highest BCUT2D eigenvalue weighted by molar-refractivity contribution is 7.92. The number of benzene rings is 2. The van der Waals surface area contributed by atoms with E-state index < -0.39 is 10.0 Å². The third-order valence-electron chi connectivity index (χ3n) is 6.45. The summed E-state index contributed by atoms with van der Waals surface area (Å²) in [4.78, 5) is 19.0. The lowest BCUT2D eigenvalue weighted by molar-refractivity contribution is 0.173. The molecular weight excluding hydrogens is 412 g/mol. The van der Waals surface area contributed by atoms with E-state index in [1.165, 1.54) is 10.6 Å². The standard InChI is InChI=1S/C23H24N4O3S/c1-31(29,30)27-16-23(19-6-2-3-7-21(19)27)10-13-26(14-11-23)22(28)25-18-8-9-20-17(15-18)5-4-12-24-20/h2-9,12,15H,10-11,13-14,16H2,1H3,(H,25,28). The largest absolute Gasteiger partial charge is 0.324 e. The molecule has 1 spiro atoms. The molecule has 2 aliphatic rings. The van der Waals surface area contributed by atoms with E-state index in [1.807, 2.05) is 59.5 Å². The molecule has 5 rings (SSSR count). The average molecular weight is 437 g/mol. The van der Waals surface area contributed by atoms with Crippen LogP contribution in [0, 0.1) is 0 Å². The maximum absolute atomic E-state index is 12.9. The molecule has 7 nitrogen and oxygen atoms in total. The molecule has 1 aromatic heterocycles. The van der Waals surface area contributed by atoms with Crippen molar-refractivity contribution in [3.8, 4) is 0 Å². The van der Waals surface area contributed by atoms with Gasteiger partial charge in [0.1, 0.15) is 0 Å². The van der Waals surface area contributed by atoms with E-state index in [0.717, 1.165) is 40.7 Å². The second-order valence-electron chi connectivity index (χ2n) is 8.40. The Bertz CT molecular complexity index is 1270. The average Bonchev–Trinajstić information content (AvgIpc) is 3.09. The topological polar surface area (TPSA) is 82.6 Å². The van der Waals surface area contributed by atoms with E-state index in [-0.39, 0.29) is 11.4 Å². The molecular formula is C23H24N4O3S. The van der Waals surface area contributed by atoms with Crippen LogP contribution in [-0.4, -0.2) is 50.2 Å². The van der Waals surface area contributed by atoms with Gasteiger partial charge in [0, 0.05) is 42.3 Å². The molecule has 0 saturated carbocycles. The molecule has 2 aliphatic heterocycles. The molecule has 0 bridgehead atoms. The zero-order valence-electron chi connectivity index (χ0n) is 17.3. The van der Waals surface area contributed by atoms with Crippen molar-refractivity contribution < 1.29 is 13.2 Å². The quantitative estimate of drug-likeness (QED) is 0.666. The van der Waals surface area contributed by atoms with Gasteiger partial charge >= 0.3 is 6.03 Å². The number of sulfonamides is 1. The lowest BCUT2D eigenvalue weighted by atomic mass is 9.74. The summed E-state index contributed by atoms with van der Waals surface area (Å²) in [5.41, 5.74) is 3.22. The number of carbonyl (C=O) groups excluding carboxylic acids is 1. The first-order chi connectivity index (χ1) is 14.9. The molecule has 3 aromatic rings.